The lowest BCUT2D eigenvalue weighted by atomic mass is 10.1. The molecule has 142 valence electrons. The van der Waals surface area contributed by atoms with E-state index in [4.69, 9.17) is 0 Å². The molecule has 0 saturated carbocycles. The second-order valence-electron chi connectivity index (χ2n) is 7.61. The molecule has 6 nitrogen and oxygen atoms in total. The molecule has 4 heterocycles. The van der Waals surface area contributed by atoms with Crippen LogP contribution in [0.3, 0.4) is 0 Å². The summed E-state index contributed by atoms with van der Waals surface area (Å²) in [5.41, 5.74) is 2.26. The molecule has 3 aliphatic rings. The van der Waals surface area contributed by atoms with E-state index in [0.717, 1.165) is 81.0 Å². The molecule has 0 N–H and O–H groups in total. The third kappa shape index (κ3) is 3.98. The molecule has 3 aliphatic heterocycles. The van der Waals surface area contributed by atoms with E-state index in [-0.39, 0.29) is 5.56 Å². The average Bonchev–Trinajstić information content (AvgIpc) is 3.09. The average molecular weight is 377 g/mol. The normalized spacial score (nSPS) is 24.1. The van der Waals surface area contributed by atoms with Crippen molar-refractivity contribution in [3.05, 3.63) is 27.7 Å². The first kappa shape index (κ1) is 18.0. The van der Waals surface area contributed by atoms with Gasteiger partial charge in [-0.05, 0) is 43.5 Å². The fourth-order valence-electron chi connectivity index (χ4n) is 4.33. The van der Waals surface area contributed by atoms with Crippen LogP contribution >= 0.6 is 11.8 Å². The molecule has 1 aromatic heterocycles. The highest BCUT2D eigenvalue weighted by molar-refractivity contribution is 7.98. The zero-order chi connectivity index (χ0) is 17.9. The number of amides is 1. The van der Waals surface area contributed by atoms with Crippen LogP contribution in [-0.4, -0.2) is 63.5 Å². The lowest BCUT2D eigenvalue weighted by Crippen LogP contribution is -2.44. The molecule has 1 amide bonds. The van der Waals surface area contributed by atoms with Crippen LogP contribution in [-0.2, 0) is 23.5 Å². The maximum atomic E-state index is 12.5. The highest BCUT2D eigenvalue weighted by atomic mass is 32.2. The number of fused-ring (bicyclic) bond motifs is 1. The standard InChI is InChI=1S/C19H28N4O2S/c24-18-5-1-2-7-22(18)10-9-21-8-3-4-16(21)13-23-19(25)12-15-14-26-11-6-17(15)20-23/h12,16H,1-11,13-14H2. The second-order valence-corrected chi connectivity index (χ2v) is 8.71. The number of rotatable bonds is 5. The quantitative estimate of drug-likeness (QED) is 0.780. The van der Waals surface area contributed by atoms with E-state index in [0.29, 0.717) is 24.9 Å². The minimum Gasteiger partial charge on any atom is -0.341 e. The molecule has 1 unspecified atom stereocenters. The molecule has 7 heteroatoms. The number of carbonyl (C=O) groups is 1. The van der Waals surface area contributed by atoms with Gasteiger partial charge in [0.1, 0.15) is 0 Å². The van der Waals surface area contributed by atoms with Crippen molar-refractivity contribution in [2.45, 2.75) is 56.9 Å². The van der Waals surface area contributed by atoms with E-state index < -0.39 is 0 Å². The van der Waals surface area contributed by atoms with Gasteiger partial charge in [-0.1, -0.05) is 0 Å². The number of aryl methyl sites for hydroxylation is 1. The summed E-state index contributed by atoms with van der Waals surface area (Å²) in [5.74, 6) is 2.31. The Kier molecular flexibility index (Phi) is 5.64. The summed E-state index contributed by atoms with van der Waals surface area (Å²) >= 11 is 1.88. The van der Waals surface area contributed by atoms with Gasteiger partial charge < -0.3 is 4.90 Å². The van der Waals surface area contributed by atoms with Crippen LogP contribution < -0.4 is 5.56 Å². The lowest BCUT2D eigenvalue weighted by molar-refractivity contribution is -0.133. The minimum absolute atomic E-state index is 0.0318. The van der Waals surface area contributed by atoms with Gasteiger partial charge in [-0.2, -0.15) is 16.9 Å². The molecule has 1 aromatic rings. The zero-order valence-electron chi connectivity index (χ0n) is 15.4. The molecule has 26 heavy (non-hydrogen) atoms. The zero-order valence-corrected chi connectivity index (χ0v) is 16.2. The Balaban J connectivity index is 1.39. The Morgan fingerprint density at radius 2 is 2.04 bits per heavy atom. The number of aromatic nitrogens is 2. The smallest absolute Gasteiger partial charge is 0.267 e. The van der Waals surface area contributed by atoms with Gasteiger partial charge in [0.2, 0.25) is 5.91 Å². The Hall–Kier alpha value is -1.34. The lowest BCUT2D eigenvalue weighted by Gasteiger charge is -2.31. The van der Waals surface area contributed by atoms with Crippen molar-refractivity contribution >= 4 is 17.7 Å². The molecular weight excluding hydrogens is 348 g/mol. The van der Waals surface area contributed by atoms with Crippen LogP contribution in [0.2, 0.25) is 0 Å². The summed E-state index contributed by atoms with van der Waals surface area (Å²) in [4.78, 5) is 28.9. The molecule has 1 atom stereocenters. The Labute approximate surface area is 158 Å². The molecule has 0 aliphatic carbocycles. The number of nitrogens with zero attached hydrogens (tertiary/aromatic N) is 4. The van der Waals surface area contributed by atoms with Crippen molar-refractivity contribution in [3.63, 3.8) is 0 Å². The predicted molar refractivity (Wildman–Crippen MR) is 103 cm³/mol. The van der Waals surface area contributed by atoms with Gasteiger partial charge in [0.15, 0.2) is 0 Å². The van der Waals surface area contributed by atoms with Crippen molar-refractivity contribution in [2.24, 2.45) is 0 Å². The fraction of sp³-hybridized carbons (Fsp3) is 0.737. The molecule has 0 radical (unpaired) electrons. The van der Waals surface area contributed by atoms with E-state index in [1.807, 2.05) is 16.7 Å². The number of piperidine rings is 1. The Bertz CT molecular complexity index is 720. The first-order chi connectivity index (χ1) is 12.7. The number of hydrogen-bond donors (Lipinski definition) is 0. The van der Waals surface area contributed by atoms with Gasteiger partial charge in [0, 0.05) is 50.3 Å². The fourth-order valence-corrected chi connectivity index (χ4v) is 5.28. The van der Waals surface area contributed by atoms with Crippen LogP contribution in [0.15, 0.2) is 10.9 Å². The Morgan fingerprint density at radius 3 is 2.92 bits per heavy atom. The van der Waals surface area contributed by atoms with Crippen molar-refractivity contribution in [1.29, 1.82) is 0 Å². The highest BCUT2D eigenvalue weighted by Crippen LogP contribution is 2.22. The van der Waals surface area contributed by atoms with Gasteiger partial charge in [0.25, 0.3) is 5.56 Å². The summed E-state index contributed by atoms with van der Waals surface area (Å²) in [6, 6.07) is 2.15. The van der Waals surface area contributed by atoms with Crippen molar-refractivity contribution in [3.8, 4) is 0 Å². The molecule has 0 aromatic carbocycles. The third-order valence-electron chi connectivity index (χ3n) is 5.87. The van der Waals surface area contributed by atoms with Crippen LogP contribution in [0, 0.1) is 0 Å². The number of hydrogen-bond acceptors (Lipinski definition) is 5. The monoisotopic (exact) mass is 376 g/mol. The minimum atomic E-state index is 0.0318. The summed E-state index contributed by atoms with van der Waals surface area (Å²) in [6.45, 7) is 4.36. The van der Waals surface area contributed by atoms with E-state index >= 15 is 0 Å². The van der Waals surface area contributed by atoms with E-state index in [9.17, 15) is 9.59 Å². The SMILES string of the molecule is O=C1CCCCN1CCN1CCCC1Cn1nc2c(cc1=O)CSCC2. The maximum Gasteiger partial charge on any atom is 0.267 e. The first-order valence-corrected chi connectivity index (χ1v) is 11.1. The van der Waals surface area contributed by atoms with Gasteiger partial charge in [-0.25, -0.2) is 4.68 Å². The van der Waals surface area contributed by atoms with Crippen LogP contribution in [0.1, 0.15) is 43.4 Å². The molecular formula is C19H28N4O2S. The summed E-state index contributed by atoms with van der Waals surface area (Å²) in [7, 11) is 0. The molecule has 2 saturated heterocycles. The first-order valence-electron chi connectivity index (χ1n) is 9.90. The number of thioether (sulfide) groups is 1. The van der Waals surface area contributed by atoms with E-state index in [2.05, 4.69) is 10.00 Å². The van der Waals surface area contributed by atoms with Crippen molar-refractivity contribution < 1.29 is 4.79 Å². The topological polar surface area (TPSA) is 58.4 Å². The predicted octanol–water partition coefficient (Wildman–Crippen LogP) is 1.51. The van der Waals surface area contributed by atoms with Gasteiger partial charge in [-0.3, -0.25) is 14.5 Å². The molecule has 0 bridgehead atoms. The van der Waals surface area contributed by atoms with Crippen LogP contribution in [0.4, 0.5) is 0 Å². The van der Waals surface area contributed by atoms with Gasteiger partial charge in [0.05, 0.1) is 12.2 Å². The van der Waals surface area contributed by atoms with E-state index in [1.165, 1.54) is 0 Å². The number of carbonyl (C=O) groups excluding carboxylic acids is 1. The molecule has 4 rings (SSSR count). The van der Waals surface area contributed by atoms with Gasteiger partial charge in [-0.15, -0.1) is 0 Å². The van der Waals surface area contributed by atoms with Crippen molar-refractivity contribution in [1.82, 2.24) is 19.6 Å². The van der Waals surface area contributed by atoms with Crippen molar-refractivity contribution in [2.75, 3.05) is 31.9 Å². The van der Waals surface area contributed by atoms with Crippen LogP contribution in [0.25, 0.3) is 0 Å². The summed E-state index contributed by atoms with van der Waals surface area (Å²) in [6.07, 6.45) is 6.10. The van der Waals surface area contributed by atoms with Crippen LogP contribution in [0.5, 0.6) is 0 Å². The summed E-state index contributed by atoms with van der Waals surface area (Å²) < 4.78 is 1.68. The molecule has 0 spiro atoms. The number of likely N-dealkylation sites (tertiary alicyclic amines) is 2. The highest BCUT2D eigenvalue weighted by Gasteiger charge is 2.27. The molecule has 2 fully saturated rings. The maximum absolute atomic E-state index is 12.5. The largest absolute Gasteiger partial charge is 0.341 e. The summed E-state index contributed by atoms with van der Waals surface area (Å²) in [5, 5.41) is 4.67. The third-order valence-corrected chi connectivity index (χ3v) is 6.87. The van der Waals surface area contributed by atoms with E-state index in [1.54, 1.807) is 10.7 Å². The second kappa shape index (κ2) is 8.13. The Morgan fingerprint density at radius 1 is 1.12 bits per heavy atom. The van der Waals surface area contributed by atoms with Gasteiger partial charge >= 0.3 is 0 Å².